The van der Waals surface area contributed by atoms with E-state index in [1.54, 1.807) is 24.3 Å². The summed E-state index contributed by atoms with van der Waals surface area (Å²) in [5.41, 5.74) is 3.12. The van der Waals surface area contributed by atoms with Crippen LogP contribution in [0.3, 0.4) is 0 Å². The summed E-state index contributed by atoms with van der Waals surface area (Å²) in [6.07, 6.45) is 0. The van der Waals surface area contributed by atoms with Crippen LogP contribution in [0, 0.1) is 0 Å². The van der Waals surface area contributed by atoms with Crippen molar-refractivity contribution in [3.05, 3.63) is 78.9 Å². The highest BCUT2D eigenvalue weighted by molar-refractivity contribution is 6.58. The van der Waals surface area contributed by atoms with E-state index in [0.717, 1.165) is 0 Å². The maximum Gasteiger partial charge on any atom is 0.488 e. The lowest BCUT2D eigenvalue weighted by Crippen LogP contribution is -2.29. The van der Waals surface area contributed by atoms with Gasteiger partial charge in [-0.25, -0.2) is 0 Å². The minimum atomic E-state index is -1.34. The van der Waals surface area contributed by atoms with Crippen LogP contribution in [0.1, 0.15) is 0 Å². The Morgan fingerprint density at radius 2 is 1.09 bits per heavy atom. The molecule has 23 heavy (non-hydrogen) atoms. The Morgan fingerprint density at radius 3 is 1.52 bits per heavy atom. The lowest BCUT2D eigenvalue weighted by molar-refractivity contribution is 0.426. The zero-order valence-electron chi connectivity index (χ0n) is 12.9. The number of hydrogen-bond acceptors (Lipinski definition) is 2. The summed E-state index contributed by atoms with van der Waals surface area (Å²) in [5.74, 6) is 0. The van der Waals surface area contributed by atoms with Crippen molar-refractivity contribution in [3.8, 4) is 0 Å². The number of nitrogens with zero attached hydrogens (tertiary/aromatic N) is 1. The van der Waals surface area contributed by atoms with Gasteiger partial charge in [-0.15, -0.1) is 0 Å². The molecule has 1 aromatic heterocycles. The van der Waals surface area contributed by atoms with Gasteiger partial charge in [-0.3, -0.25) is 0 Å². The van der Waals surface area contributed by atoms with Crippen molar-refractivity contribution in [1.29, 1.82) is 0 Å². The van der Waals surface area contributed by atoms with E-state index in [-0.39, 0.29) is 0 Å². The van der Waals surface area contributed by atoms with Gasteiger partial charge in [0, 0.05) is 28.9 Å². The number of hydrogen-bond donors (Lipinski definition) is 2. The molecule has 1 heterocycles. The highest BCUT2D eigenvalue weighted by Crippen LogP contribution is 2.26. The number of aromatic nitrogens is 1. The van der Waals surface area contributed by atoms with Crippen LogP contribution in [0.4, 0.5) is 0 Å². The van der Waals surface area contributed by atoms with Gasteiger partial charge in [-0.1, -0.05) is 66.7 Å². The van der Waals surface area contributed by atoms with Gasteiger partial charge in [-0.05, 0) is 17.6 Å². The average Bonchev–Trinajstić information content (AvgIpc) is 2.90. The molecule has 4 aromatic rings. The maximum atomic E-state index is 8.58. The Kier molecular flexibility index (Phi) is 4.46. The molecule has 114 valence electrons. The van der Waals surface area contributed by atoms with Crippen molar-refractivity contribution in [1.82, 2.24) is 4.57 Å². The zero-order valence-corrected chi connectivity index (χ0v) is 12.9. The van der Waals surface area contributed by atoms with E-state index in [2.05, 4.69) is 60.1 Å². The van der Waals surface area contributed by atoms with E-state index in [1.165, 1.54) is 21.8 Å². The second-order valence-corrected chi connectivity index (χ2v) is 5.38. The first kappa shape index (κ1) is 15.3. The van der Waals surface area contributed by atoms with E-state index in [0.29, 0.717) is 5.46 Å². The van der Waals surface area contributed by atoms with Crippen molar-refractivity contribution in [2.45, 2.75) is 0 Å². The van der Waals surface area contributed by atoms with Crippen LogP contribution < -0.4 is 5.46 Å². The molecular weight excluding hydrogens is 285 g/mol. The third-order valence-corrected chi connectivity index (χ3v) is 3.92. The minimum absolute atomic E-state index is 0.525. The van der Waals surface area contributed by atoms with E-state index in [4.69, 9.17) is 10.0 Å². The first-order valence-corrected chi connectivity index (χ1v) is 7.51. The fraction of sp³-hybridized carbons (Fsp3) is 0.0526. The highest BCUT2D eigenvalue weighted by Gasteiger charge is 2.07. The van der Waals surface area contributed by atoms with Crippen molar-refractivity contribution in [2.24, 2.45) is 7.05 Å². The van der Waals surface area contributed by atoms with Crippen molar-refractivity contribution in [2.75, 3.05) is 0 Å². The summed E-state index contributed by atoms with van der Waals surface area (Å²) >= 11 is 0. The SMILES string of the molecule is Cn1c2ccccc2c2ccccc21.OB(O)c1ccccc1. The van der Waals surface area contributed by atoms with Crippen molar-refractivity contribution >= 4 is 34.4 Å². The van der Waals surface area contributed by atoms with Gasteiger partial charge in [0.2, 0.25) is 0 Å². The number of benzene rings is 3. The molecule has 0 aliphatic rings. The monoisotopic (exact) mass is 303 g/mol. The van der Waals surface area contributed by atoms with Gasteiger partial charge in [0.25, 0.3) is 0 Å². The number of fused-ring (bicyclic) bond motifs is 3. The molecule has 0 unspecified atom stereocenters. The quantitative estimate of drug-likeness (QED) is 0.531. The Hall–Kier alpha value is -2.56. The molecule has 0 atom stereocenters. The summed E-state index contributed by atoms with van der Waals surface area (Å²) in [6.45, 7) is 0. The topological polar surface area (TPSA) is 45.4 Å². The average molecular weight is 303 g/mol. The van der Waals surface area contributed by atoms with Gasteiger partial charge in [-0.2, -0.15) is 0 Å². The molecule has 0 saturated heterocycles. The fourth-order valence-electron chi connectivity index (χ4n) is 2.74. The molecule has 0 bridgehead atoms. The van der Waals surface area contributed by atoms with Crippen LogP contribution >= 0.6 is 0 Å². The molecule has 0 saturated carbocycles. The van der Waals surface area contributed by atoms with Crippen LogP contribution in [0.25, 0.3) is 21.8 Å². The largest absolute Gasteiger partial charge is 0.488 e. The van der Waals surface area contributed by atoms with Crippen LogP contribution in [-0.2, 0) is 7.05 Å². The van der Waals surface area contributed by atoms with Crippen LogP contribution in [0.15, 0.2) is 78.9 Å². The molecular formula is C19H18BNO2. The van der Waals surface area contributed by atoms with Gasteiger partial charge in [0.1, 0.15) is 0 Å². The molecule has 0 aliphatic carbocycles. The molecule has 3 aromatic carbocycles. The predicted molar refractivity (Wildman–Crippen MR) is 96.7 cm³/mol. The summed E-state index contributed by atoms with van der Waals surface area (Å²) in [7, 11) is 0.774. The standard InChI is InChI=1S/C13H11N.C6H7BO2/c1-14-12-8-4-2-6-10(12)11-7-3-5-9-13(11)14;8-7(9)6-4-2-1-3-5-6/h2-9H,1H3;1-5,8-9H. The summed E-state index contributed by atoms with van der Waals surface area (Å²) in [6, 6.07) is 25.7. The molecule has 0 amide bonds. The lowest BCUT2D eigenvalue weighted by atomic mass is 9.81. The lowest BCUT2D eigenvalue weighted by Gasteiger charge is -1.95. The number of para-hydroxylation sites is 2. The number of aryl methyl sites for hydroxylation is 1. The summed E-state index contributed by atoms with van der Waals surface area (Å²) in [4.78, 5) is 0. The first-order chi connectivity index (χ1) is 11.2. The van der Waals surface area contributed by atoms with Gasteiger partial charge >= 0.3 is 7.12 Å². The normalized spacial score (nSPS) is 10.4. The number of rotatable bonds is 1. The third-order valence-electron chi connectivity index (χ3n) is 3.92. The minimum Gasteiger partial charge on any atom is -0.423 e. The maximum absolute atomic E-state index is 8.58. The van der Waals surface area contributed by atoms with Crippen LogP contribution in [-0.4, -0.2) is 21.7 Å². The predicted octanol–water partition coefficient (Wildman–Crippen LogP) is 2.70. The van der Waals surface area contributed by atoms with Crippen LogP contribution in [0.5, 0.6) is 0 Å². The van der Waals surface area contributed by atoms with E-state index in [1.807, 2.05) is 6.07 Å². The fourth-order valence-corrected chi connectivity index (χ4v) is 2.74. The molecule has 0 spiro atoms. The molecule has 4 rings (SSSR count). The van der Waals surface area contributed by atoms with Gasteiger partial charge in [0.05, 0.1) is 0 Å². The van der Waals surface area contributed by atoms with Crippen molar-refractivity contribution in [3.63, 3.8) is 0 Å². The Balaban J connectivity index is 0.000000151. The Morgan fingerprint density at radius 1 is 0.652 bits per heavy atom. The van der Waals surface area contributed by atoms with Crippen molar-refractivity contribution < 1.29 is 10.0 Å². The molecule has 0 aliphatic heterocycles. The van der Waals surface area contributed by atoms with Crippen LogP contribution in [0.2, 0.25) is 0 Å². The summed E-state index contributed by atoms with van der Waals surface area (Å²) in [5, 5.41) is 19.8. The highest BCUT2D eigenvalue weighted by atomic mass is 16.4. The van der Waals surface area contributed by atoms with E-state index >= 15 is 0 Å². The van der Waals surface area contributed by atoms with Gasteiger partial charge in [0.15, 0.2) is 0 Å². The van der Waals surface area contributed by atoms with E-state index < -0.39 is 7.12 Å². The smallest absolute Gasteiger partial charge is 0.423 e. The zero-order chi connectivity index (χ0) is 16.2. The Bertz CT molecular complexity index is 863. The second kappa shape index (κ2) is 6.69. The second-order valence-electron chi connectivity index (χ2n) is 5.38. The van der Waals surface area contributed by atoms with E-state index in [9.17, 15) is 0 Å². The molecule has 3 nitrogen and oxygen atoms in total. The molecule has 0 radical (unpaired) electrons. The molecule has 0 fully saturated rings. The molecule has 4 heteroatoms. The summed E-state index contributed by atoms with van der Waals surface area (Å²) < 4.78 is 2.24. The first-order valence-electron chi connectivity index (χ1n) is 7.51. The molecule has 2 N–H and O–H groups in total. The Labute approximate surface area is 135 Å². The third kappa shape index (κ3) is 3.14. The van der Waals surface area contributed by atoms with Gasteiger partial charge < -0.3 is 14.6 Å².